The first-order chi connectivity index (χ1) is 8.24. The van der Waals surface area contributed by atoms with Gasteiger partial charge in [-0.15, -0.1) is 0 Å². The van der Waals surface area contributed by atoms with Gasteiger partial charge in [-0.2, -0.15) is 0 Å². The van der Waals surface area contributed by atoms with Gasteiger partial charge in [-0.3, -0.25) is 0 Å². The molecule has 0 amide bonds. The van der Waals surface area contributed by atoms with Gasteiger partial charge in [0.2, 0.25) is 5.95 Å². The summed E-state index contributed by atoms with van der Waals surface area (Å²) < 4.78 is 12.6. The van der Waals surface area contributed by atoms with Crippen molar-refractivity contribution in [3.8, 4) is 0 Å². The molecule has 0 aliphatic heterocycles. The van der Waals surface area contributed by atoms with E-state index in [9.17, 15) is 4.39 Å². The van der Waals surface area contributed by atoms with Gasteiger partial charge in [-0.1, -0.05) is 29.8 Å². The van der Waals surface area contributed by atoms with Crippen LogP contribution in [0.2, 0.25) is 0 Å². The highest BCUT2D eigenvalue weighted by Crippen LogP contribution is 2.05. The third kappa shape index (κ3) is 3.52. The summed E-state index contributed by atoms with van der Waals surface area (Å²) in [4.78, 5) is 7.66. The average Bonchev–Trinajstić information content (AvgIpc) is 2.32. The van der Waals surface area contributed by atoms with Crippen molar-refractivity contribution in [1.82, 2.24) is 9.97 Å². The van der Waals surface area contributed by atoms with Crippen LogP contribution >= 0.6 is 0 Å². The first kappa shape index (κ1) is 11.5. The van der Waals surface area contributed by atoms with Gasteiger partial charge in [0.15, 0.2) is 5.82 Å². The van der Waals surface area contributed by atoms with Gasteiger partial charge in [0.1, 0.15) is 0 Å². The molecule has 2 aromatic rings. The molecule has 0 saturated heterocycles. The molecule has 0 fully saturated rings. The van der Waals surface area contributed by atoms with Crippen LogP contribution < -0.4 is 5.32 Å². The van der Waals surface area contributed by atoms with Crippen LogP contribution in [0.5, 0.6) is 0 Å². The van der Waals surface area contributed by atoms with Crippen molar-refractivity contribution in [3.05, 3.63) is 53.6 Å². The lowest BCUT2D eigenvalue weighted by atomic mass is 10.1. The second kappa shape index (κ2) is 5.39. The second-order valence-corrected chi connectivity index (χ2v) is 3.89. The van der Waals surface area contributed by atoms with E-state index in [1.54, 1.807) is 0 Å². The average molecular weight is 231 g/mol. The number of hydrogen-bond donors (Lipinski definition) is 1. The van der Waals surface area contributed by atoms with Crippen LogP contribution in [0.3, 0.4) is 0 Å². The Labute approximate surface area is 99.7 Å². The monoisotopic (exact) mass is 231 g/mol. The number of anilines is 1. The van der Waals surface area contributed by atoms with Crippen molar-refractivity contribution in [2.24, 2.45) is 0 Å². The van der Waals surface area contributed by atoms with Crippen LogP contribution in [0.1, 0.15) is 11.1 Å². The number of rotatable bonds is 4. The Morgan fingerprint density at radius 2 is 2.00 bits per heavy atom. The van der Waals surface area contributed by atoms with E-state index in [0.29, 0.717) is 5.95 Å². The predicted octanol–water partition coefficient (Wildman–Crippen LogP) is 2.58. The Kier molecular flexibility index (Phi) is 3.65. The molecular formula is C13H14FN3. The minimum absolute atomic E-state index is 0.422. The third-order valence-corrected chi connectivity index (χ3v) is 2.40. The van der Waals surface area contributed by atoms with Gasteiger partial charge in [-0.05, 0) is 18.9 Å². The van der Waals surface area contributed by atoms with Crippen LogP contribution in [-0.4, -0.2) is 16.5 Å². The Morgan fingerprint density at radius 3 is 2.71 bits per heavy atom. The predicted molar refractivity (Wildman–Crippen MR) is 65.4 cm³/mol. The van der Waals surface area contributed by atoms with Gasteiger partial charge in [0.05, 0.1) is 12.4 Å². The lowest BCUT2D eigenvalue weighted by Crippen LogP contribution is -2.07. The zero-order valence-corrected chi connectivity index (χ0v) is 9.65. The molecule has 0 radical (unpaired) electrons. The molecule has 88 valence electrons. The van der Waals surface area contributed by atoms with Crippen LogP contribution in [0.25, 0.3) is 0 Å². The molecular weight excluding hydrogens is 217 g/mol. The molecule has 2 rings (SSSR count). The fourth-order valence-electron chi connectivity index (χ4n) is 1.59. The molecule has 1 aromatic carbocycles. The largest absolute Gasteiger partial charge is 0.354 e. The molecule has 0 unspecified atom stereocenters. The highest BCUT2D eigenvalue weighted by Gasteiger charge is 1.97. The van der Waals surface area contributed by atoms with E-state index < -0.39 is 5.82 Å². The van der Waals surface area contributed by atoms with Gasteiger partial charge < -0.3 is 5.32 Å². The molecule has 0 aliphatic rings. The Morgan fingerprint density at radius 1 is 1.24 bits per heavy atom. The van der Waals surface area contributed by atoms with Crippen molar-refractivity contribution < 1.29 is 4.39 Å². The van der Waals surface area contributed by atoms with Crippen molar-refractivity contribution in [2.45, 2.75) is 13.3 Å². The molecule has 0 spiro atoms. The lowest BCUT2D eigenvalue weighted by Gasteiger charge is -2.05. The minimum Gasteiger partial charge on any atom is -0.354 e. The number of benzene rings is 1. The van der Waals surface area contributed by atoms with E-state index in [2.05, 4.69) is 40.4 Å². The van der Waals surface area contributed by atoms with Crippen LogP contribution in [0.15, 0.2) is 36.7 Å². The molecule has 1 N–H and O–H groups in total. The summed E-state index contributed by atoms with van der Waals surface area (Å²) >= 11 is 0. The van der Waals surface area contributed by atoms with Gasteiger partial charge in [0, 0.05) is 6.54 Å². The SMILES string of the molecule is Cc1cccc(CCNc2ncc(F)cn2)c1. The molecule has 17 heavy (non-hydrogen) atoms. The zero-order chi connectivity index (χ0) is 12.1. The standard InChI is InChI=1S/C13H14FN3/c1-10-3-2-4-11(7-10)5-6-15-13-16-8-12(14)9-17-13/h2-4,7-9H,5-6H2,1H3,(H,15,16,17). The highest BCUT2D eigenvalue weighted by atomic mass is 19.1. The molecule has 3 nitrogen and oxygen atoms in total. The van der Waals surface area contributed by atoms with E-state index in [4.69, 9.17) is 0 Å². The van der Waals surface area contributed by atoms with Gasteiger partial charge in [0.25, 0.3) is 0 Å². The number of aromatic nitrogens is 2. The Bertz CT molecular complexity index is 482. The number of halogens is 1. The maximum atomic E-state index is 12.6. The van der Waals surface area contributed by atoms with Crippen LogP contribution in [-0.2, 0) is 6.42 Å². The van der Waals surface area contributed by atoms with E-state index in [1.165, 1.54) is 11.1 Å². The van der Waals surface area contributed by atoms with Crippen molar-refractivity contribution in [1.29, 1.82) is 0 Å². The van der Waals surface area contributed by atoms with E-state index in [0.717, 1.165) is 25.4 Å². The fourth-order valence-corrected chi connectivity index (χ4v) is 1.59. The topological polar surface area (TPSA) is 37.8 Å². The van der Waals surface area contributed by atoms with Crippen LogP contribution in [0, 0.1) is 12.7 Å². The van der Waals surface area contributed by atoms with Crippen molar-refractivity contribution in [2.75, 3.05) is 11.9 Å². The number of nitrogens with zero attached hydrogens (tertiary/aromatic N) is 2. The normalized spacial score (nSPS) is 10.2. The molecule has 0 atom stereocenters. The summed E-state index contributed by atoms with van der Waals surface area (Å²) in [7, 11) is 0. The quantitative estimate of drug-likeness (QED) is 0.878. The molecule has 1 heterocycles. The fraction of sp³-hybridized carbons (Fsp3) is 0.231. The third-order valence-electron chi connectivity index (χ3n) is 2.40. The highest BCUT2D eigenvalue weighted by molar-refractivity contribution is 5.26. The lowest BCUT2D eigenvalue weighted by molar-refractivity contribution is 0.614. The van der Waals surface area contributed by atoms with Crippen molar-refractivity contribution in [3.63, 3.8) is 0 Å². The summed E-state index contributed by atoms with van der Waals surface area (Å²) in [5.74, 6) is 0.0355. The summed E-state index contributed by atoms with van der Waals surface area (Å²) in [5.41, 5.74) is 2.51. The summed E-state index contributed by atoms with van der Waals surface area (Å²) in [6.07, 6.45) is 3.20. The first-order valence-corrected chi connectivity index (χ1v) is 5.51. The molecule has 0 bridgehead atoms. The molecule has 0 saturated carbocycles. The van der Waals surface area contributed by atoms with Crippen LogP contribution in [0.4, 0.5) is 10.3 Å². The smallest absolute Gasteiger partial charge is 0.222 e. The summed E-state index contributed by atoms with van der Waals surface area (Å²) in [5, 5.41) is 3.05. The number of hydrogen-bond acceptors (Lipinski definition) is 3. The number of nitrogens with one attached hydrogen (secondary N) is 1. The Hall–Kier alpha value is -1.97. The maximum Gasteiger partial charge on any atom is 0.222 e. The number of aryl methyl sites for hydroxylation is 1. The summed E-state index contributed by atoms with van der Waals surface area (Å²) in [6.45, 7) is 2.80. The zero-order valence-electron chi connectivity index (χ0n) is 9.65. The summed E-state index contributed by atoms with van der Waals surface area (Å²) in [6, 6.07) is 8.34. The Balaban J connectivity index is 1.85. The van der Waals surface area contributed by atoms with Crippen molar-refractivity contribution >= 4 is 5.95 Å². The van der Waals surface area contributed by atoms with Gasteiger partial charge >= 0.3 is 0 Å². The molecule has 0 aliphatic carbocycles. The molecule has 1 aromatic heterocycles. The van der Waals surface area contributed by atoms with E-state index in [1.807, 2.05) is 6.07 Å². The first-order valence-electron chi connectivity index (χ1n) is 5.51. The second-order valence-electron chi connectivity index (χ2n) is 3.89. The molecule has 4 heteroatoms. The van der Waals surface area contributed by atoms with E-state index in [-0.39, 0.29) is 0 Å². The maximum absolute atomic E-state index is 12.6. The van der Waals surface area contributed by atoms with E-state index >= 15 is 0 Å². The van der Waals surface area contributed by atoms with Gasteiger partial charge in [-0.25, -0.2) is 14.4 Å². The minimum atomic E-state index is -0.422.